The first kappa shape index (κ1) is 31.0. The maximum atomic E-state index is 14.1. The average molecular weight is 683 g/mol. The second-order valence-corrected chi connectivity index (χ2v) is 16.2. The van der Waals surface area contributed by atoms with Crippen LogP contribution in [0.5, 0.6) is 0 Å². The van der Waals surface area contributed by atoms with Crippen LogP contribution in [-0.4, -0.2) is 68.4 Å². The van der Waals surface area contributed by atoms with Crippen LogP contribution in [0.2, 0.25) is 0 Å². The number of nitrogens with one attached hydrogen (secondary N) is 1. The van der Waals surface area contributed by atoms with Gasteiger partial charge in [-0.1, -0.05) is 78.1 Å². The van der Waals surface area contributed by atoms with Crippen LogP contribution in [0.15, 0.2) is 93.8 Å². The van der Waals surface area contributed by atoms with Gasteiger partial charge in [0.15, 0.2) is 6.10 Å². The van der Waals surface area contributed by atoms with Gasteiger partial charge in [-0.3, -0.25) is 18.7 Å². The third kappa shape index (κ3) is 6.38. The van der Waals surface area contributed by atoms with E-state index in [1.165, 1.54) is 11.3 Å². The van der Waals surface area contributed by atoms with Crippen molar-refractivity contribution < 1.29 is 31.7 Å². The van der Waals surface area contributed by atoms with Gasteiger partial charge in [0.2, 0.25) is 20.1 Å². The molecule has 2 amide bonds. The zero-order valence-electron chi connectivity index (χ0n) is 23.7. The number of thiophene rings is 1. The van der Waals surface area contributed by atoms with Gasteiger partial charge in [-0.25, -0.2) is 13.2 Å². The van der Waals surface area contributed by atoms with Gasteiger partial charge in [0.1, 0.15) is 22.1 Å². The second kappa shape index (κ2) is 12.7. The molecule has 4 heterocycles. The summed E-state index contributed by atoms with van der Waals surface area (Å²) in [5.41, 5.74) is 0.968. The van der Waals surface area contributed by atoms with E-state index in [9.17, 15) is 27.0 Å². The van der Waals surface area contributed by atoms with Crippen LogP contribution in [-0.2, 0) is 46.2 Å². The molecule has 0 bridgehead atoms. The Morgan fingerprint density at radius 1 is 1.04 bits per heavy atom. The molecule has 2 aromatic heterocycles. The van der Waals surface area contributed by atoms with E-state index in [1.54, 1.807) is 67.6 Å². The van der Waals surface area contributed by atoms with Crippen molar-refractivity contribution in [2.45, 2.75) is 35.2 Å². The fraction of sp³-hybridized carbons (Fsp3) is 0.233. The molecule has 0 radical (unpaired) electrons. The zero-order valence-corrected chi connectivity index (χ0v) is 27.0. The van der Waals surface area contributed by atoms with E-state index in [0.29, 0.717) is 16.1 Å². The van der Waals surface area contributed by atoms with E-state index in [2.05, 4.69) is 15.5 Å². The Balaban J connectivity index is 1.35. The number of carbonyl (C=O) groups excluding carboxylic acids is 3. The molecule has 1 N–H and O–H groups in total. The number of sulfone groups is 1. The third-order valence-corrected chi connectivity index (χ3v) is 12.7. The van der Waals surface area contributed by atoms with Crippen molar-refractivity contribution in [3.8, 4) is 0 Å². The number of carbonyl (C=O) groups is 3. The van der Waals surface area contributed by atoms with E-state index in [4.69, 9.17) is 4.74 Å². The molecule has 1 unspecified atom stereocenters. The van der Waals surface area contributed by atoms with Crippen molar-refractivity contribution in [1.82, 2.24) is 20.4 Å². The fourth-order valence-corrected chi connectivity index (χ4v) is 10.2. The van der Waals surface area contributed by atoms with Gasteiger partial charge >= 0.3 is 5.97 Å². The molecule has 2 aliphatic rings. The fourth-order valence-electron chi connectivity index (χ4n) is 5.19. The summed E-state index contributed by atoms with van der Waals surface area (Å²) in [5, 5.41) is 11.4. The molecule has 232 valence electrons. The summed E-state index contributed by atoms with van der Waals surface area (Å²) in [6.07, 6.45) is -0.855. The van der Waals surface area contributed by atoms with Crippen LogP contribution in [0, 0.1) is 6.92 Å². The largest absolute Gasteiger partial charge is 0.448 e. The molecular weight excluding hydrogens is 657 g/mol. The maximum Gasteiger partial charge on any atom is 0.356 e. The zero-order chi connectivity index (χ0) is 31.7. The molecule has 11 nitrogen and oxygen atoms in total. The number of nitrogens with zero attached hydrogens (tertiary/aromatic N) is 3. The number of aromatic nitrogens is 2. The van der Waals surface area contributed by atoms with Gasteiger partial charge in [-0.05, 0) is 35.1 Å². The summed E-state index contributed by atoms with van der Waals surface area (Å²) in [7, 11) is -5.96. The summed E-state index contributed by atoms with van der Waals surface area (Å²) < 4.78 is 46.1. The van der Waals surface area contributed by atoms with Gasteiger partial charge in [-0.15, -0.1) is 21.5 Å². The monoisotopic (exact) mass is 682 g/mol. The third-order valence-electron chi connectivity index (χ3n) is 7.20. The topological polar surface area (TPSA) is 153 Å². The lowest BCUT2D eigenvalue weighted by molar-refractivity contribution is -0.154. The normalized spacial score (nSPS) is 19.6. The highest BCUT2D eigenvalue weighted by atomic mass is 32.2. The molecule has 45 heavy (non-hydrogen) atoms. The number of β-lactam (4-membered cyclic amide) rings is 1. The van der Waals surface area contributed by atoms with Crippen molar-refractivity contribution >= 4 is 61.1 Å². The van der Waals surface area contributed by atoms with Crippen LogP contribution in [0.1, 0.15) is 27.1 Å². The number of hydrogen-bond acceptors (Lipinski definition) is 11. The van der Waals surface area contributed by atoms with E-state index in [-0.39, 0.29) is 27.8 Å². The molecule has 1 fully saturated rings. The van der Waals surface area contributed by atoms with E-state index >= 15 is 0 Å². The van der Waals surface area contributed by atoms with E-state index in [1.807, 2.05) is 17.5 Å². The number of esters is 1. The Morgan fingerprint density at radius 3 is 2.29 bits per heavy atom. The number of fused-ring (bicyclic) bond motifs is 1. The molecule has 2 aromatic carbocycles. The molecule has 0 saturated carbocycles. The van der Waals surface area contributed by atoms with Crippen LogP contribution < -0.4 is 5.32 Å². The smallest absolute Gasteiger partial charge is 0.356 e. The van der Waals surface area contributed by atoms with Crippen molar-refractivity contribution in [2.24, 2.45) is 0 Å². The molecule has 15 heteroatoms. The van der Waals surface area contributed by atoms with Crippen LogP contribution >= 0.6 is 22.7 Å². The van der Waals surface area contributed by atoms with Crippen LogP contribution in [0.25, 0.3) is 0 Å². The lowest BCUT2D eigenvalue weighted by atomic mass is 10.0. The van der Waals surface area contributed by atoms with Gasteiger partial charge in [0.05, 0.1) is 28.7 Å². The predicted octanol–water partition coefficient (Wildman–Crippen LogP) is 2.93. The lowest BCUT2D eigenvalue weighted by Gasteiger charge is -2.49. The molecular formula is C30H26N4O7S4. The molecule has 6 rings (SSSR count). The minimum Gasteiger partial charge on any atom is -0.448 e. The molecule has 4 aromatic rings. The van der Waals surface area contributed by atoms with E-state index < -0.39 is 61.7 Å². The second-order valence-electron chi connectivity index (χ2n) is 10.3. The highest BCUT2D eigenvalue weighted by Gasteiger charge is 2.58. The highest BCUT2D eigenvalue weighted by Crippen LogP contribution is 2.38. The highest BCUT2D eigenvalue weighted by molar-refractivity contribution is 7.93. The van der Waals surface area contributed by atoms with Gasteiger partial charge in [0.25, 0.3) is 5.91 Å². The number of amides is 2. The van der Waals surface area contributed by atoms with Gasteiger partial charge in [0, 0.05) is 4.88 Å². The number of aryl methyl sites for hydroxylation is 1. The number of benzene rings is 2. The summed E-state index contributed by atoms with van der Waals surface area (Å²) in [6.45, 7) is 1.61. The Labute approximate surface area is 269 Å². The van der Waals surface area contributed by atoms with Crippen LogP contribution in [0.4, 0.5) is 0 Å². The Kier molecular flexibility index (Phi) is 8.77. The van der Waals surface area contributed by atoms with Gasteiger partial charge < -0.3 is 10.1 Å². The predicted molar refractivity (Wildman–Crippen MR) is 168 cm³/mol. The Hall–Kier alpha value is -4.05. The average Bonchev–Trinajstić information content (AvgIpc) is 3.71. The van der Waals surface area contributed by atoms with Crippen molar-refractivity contribution in [2.75, 3.05) is 11.5 Å². The van der Waals surface area contributed by atoms with Crippen molar-refractivity contribution in [1.29, 1.82) is 0 Å². The molecule has 0 spiro atoms. The molecule has 3 atom stereocenters. The SMILES string of the molecule is Cc1nnc(S(=O)(=O)CC2=C(C(=O)OC(c3ccccc3)c3ccccc3)N3C(=O)[C@@H](NC(=O)Cc4cccs4)[C@H]3S(=O)C2)s1. The van der Waals surface area contributed by atoms with E-state index in [0.717, 1.165) is 21.1 Å². The van der Waals surface area contributed by atoms with Crippen LogP contribution in [0.3, 0.4) is 0 Å². The summed E-state index contributed by atoms with van der Waals surface area (Å²) in [4.78, 5) is 42.2. The minimum atomic E-state index is -4.12. The quantitative estimate of drug-likeness (QED) is 0.197. The lowest BCUT2D eigenvalue weighted by Crippen LogP contribution is -2.73. The van der Waals surface area contributed by atoms with Gasteiger partial charge in [-0.2, -0.15) is 0 Å². The maximum absolute atomic E-state index is 14.1. The Morgan fingerprint density at radius 2 is 1.71 bits per heavy atom. The summed E-state index contributed by atoms with van der Waals surface area (Å²) >= 11 is 2.26. The standard InChI is InChI=1S/C30H26N4O7S4/c1-18-32-33-30(43-18)45(39,40)17-21-16-44(38)28-24(31-23(35)15-22-13-8-14-42-22)27(36)34(28)25(21)29(37)41-26(19-9-4-2-5-10-19)20-11-6-3-7-12-20/h2-14,24,26,28H,15-17H2,1H3,(H,31,35)/t24-,28-,44?/m1/s1. The summed E-state index contributed by atoms with van der Waals surface area (Å²) in [5.74, 6) is -3.12. The first-order chi connectivity index (χ1) is 21.6. The molecule has 0 aliphatic carbocycles. The minimum absolute atomic E-state index is 0.0339. The van der Waals surface area contributed by atoms with Crippen molar-refractivity contribution in [3.05, 3.63) is 110 Å². The first-order valence-corrected chi connectivity index (χ1v) is 18.4. The Bertz CT molecular complexity index is 1870. The molecule has 1 saturated heterocycles. The summed E-state index contributed by atoms with van der Waals surface area (Å²) in [6, 6.07) is 20.4. The first-order valence-electron chi connectivity index (χ1n) is 13.7. The number of hydrogen-bond donors (Lipinski definition) is 1. The number of ether oxygens (including phenoxy) is 1. The molecule has 2 aliphatic heterocycles. The van der Waals surface area contributed by atoms with Crippen molar-refractivity contribution in [3.63, 3.8) is 0 Å². The number of rotatable bonds is 10.